The van der Waals surface area contributed by atoms with E-state index in [2.05, 4.69) is 15.5 Å². The molecule has 1 aliphatic rings. The number of amides is 2. The Balaban J connectivity index is 1.22. The van der Waals surface area contributed by atoms with Crippen LogP contribution < -0.4 is 19.5 Å². The minimum absolute atomic E-state index is 0.0782. The van der Waals surface area contributed by atoms with E-state index in [-0.39, 0.29) is 30.2 Å². The van der Waals surface area contributed by atoms with Crippen molar-refractivity contribution in [1.82, 2.24) is 25.1 Å². The fourth-order valence-electron chi connectivity index (χ4n) is 5.15. The van der Waals surface area contributed by atoms with Gasteiger partial charge in [-0.25, -0.2) is 5.01 Å². The van der Waals surface area contributed by atoms with Gasteiger partial charge in [-0.15, -0.1) is 21.5 Å². The fraction of sp³-hybridized carbons (Fsp3) is 0.206. The van der Waals surface area contributed by atoms with E-state index in [4.69, 9.17) is 19.3 Å². The van der Waals surface area contributed by atoms with E-state index < -0.39 is 0 Å². The number of nitrogens with zero attached hydrogens (tertiary/aromatic N) is 5. The summed E-state index contributed by atoms with van der Waals surface area (Å²) in [4.78, 5) is 28.0. The van der Waals surface area contributed by atoms with Crippen LogP contribution in [0.1, 0.15) is 39.1 Å². The van der Waals surface area contributed by atoms with E-state index in [1.54, 1.807) is 41.7 Å². The highest BCUT2D eigenvalue weighted by Gasteiger charge is 2.34. The first-order chi connectivity index (χ1) is 23.0. The van der Waals surface area contributed by atoms with Crippen molar-refractivity contribution in [1.29, 1.82) is 0 Å². The van der Waals surface area contributed by atoms with E-state index in [1.165, 1.54) is 26.0 Å². The van der Waals surface area contributed by atoms with Crippen LogP contribution in [0.5, 0.6) is 17.2 Å². The number of benzene rings is 3. The standard InChI is InChI=1S/C34H32N6O5S2/c1-43-25-13-11-22(12-14-25)29-19-28(30-10-7-15-46-30)38-40(29)32(41)21-47-34-37-36-31(39(34)24-8-5-4-6-9-24)20-35-33(42)23-16-26(44-2)18-27(17-23)45-3/h4-18,29H,19-21H2,1-3H3,(H,35,42). The highest BCUT2D eigenvalue weighted by Crippen LogP contribution is 2.35. The number of thioether (sulfide) groups is 1. The molecule has 1 aliphatic heterocycles. The summed E-state index contributed by atoms with van der Waals surface area (Å²) in [5.41, 5.74) is 3.03. The first-order valence-corrected chi connectivity index (χ1v) is 16.5. The molecule has 13 heteroatoms. The van der Waals surface area contributed by atoms with Gasteiger partial charge < -0.3 is 19.5 Å². The Labute approximate surface area is 280 Å². The fourth-order valence-corrected chi connectivity index (χ4v) is 6.70. The Bertz CT molecular complexity index is 1850. The minimum atomic E-state index is -0.327. The third-order valence-corrected chi connectivity index (χ3v) is 9.36. The molecule has 3 heterocycles. The first kappa shape index (κ1) is 31.8. The van der Waals surface area contributed by atoms with Crippen molar-refractivity contribution in [3.05, 3.63) is 112 Å². The van der Waals surface area contributed by atoms with Crippen LogP contribution in [0.3, 0.4) is 0 Å². The third-order valence-electron chi connectivity index (χ3n) is 7.53. The van der Waals surface area contributed by atoms with E-state index in [0.717, 1.165) is 27.6 Å². The molecular weight excluding hydrogens is 637 g/mol. The lowest BCUT2D eigenvalue weighted by molar-refractivity contribution is -0.130. The third kappa shape index (κ3) is 7.16. The minimum Gasteiger partial charge on any atom is -0.497 e. The topological polar surface area (TPSA) is 120 Å². The lowest BCUT2D eigenvalue weighted by Gasteiger charge is -2.22. The molecule has 6 rings (SSSR count). The first-order valence-electron chi connectivity index (χ1n) is 14.7. The molecule has 0 bridgehead atoms. The molecule has 0 saturated heterocycles. The second-order valence-electron chi connectivity index (χ2n) is 10.4. The zero-order valence-corrected chi connectivity index (χ0v) is 27.6. The van der Waals surface area contributed by atoms with Crippen LogP contribution in [0.15, 0.2) is 101 Å². The zero-order chi connectivity index (χ0) is 32.8. The number of methoxy groups -OCH3 is 3. The summed E-state index contributed by atoms with van der Waals surface area (Å²) < 4.78 is 17.8. The van der Waals surface area contributed by atoms with Gasteiger partial charge in [-0.2, -0.15) is 5.10 Å². The molecule has 1 N–H and O–H groups in total. The summed E-state index contributed by atoms with van der Waals surface area (Å²) in [5.74, 6) is 1.85. The Hall–Kier alpha value is -5.14. The molecule has 240 valence electrons. The van der Waals surface area contributed by atoms with Crippen molar-refractivity contribution < 1.29 is 23.8 Å². The monoisotopic (exact) mass is 668 g/mol. The van der Waals surface area contributed by atoms with Crippen molar-refractivity contribution in [2.45, 2.75) is 24.2 Å². The zero-order valence-electron chi connectivity index (χ0n) is 26.0. The van der Waals surface area contributed by atoms with E-state index >= 15 is 0 Å². The molecule has 5 aromatic rings. The molecule has 0 saturated carbocycles. The quantitative estimate of drug-likeness (QED) is 0.167. The predicted molar refractivity (Wildman–Crippen MR) is 181 cm³/mol. The summed E-state index contributed by atoms with van der Waals surface area (Å²) in [7, 11) is 4.68. The van der Waals surface area contributed by atoms with Crippen molar-refractivity contribution >= 4 is 40.6 Å². The summed E-state index contributed by atoms with van der Waals surface area (Å²) in [6.45, 7) is 0.0922. The maximum absolute atomic E-state index is 13.8. The van der Waals surface area contributed by atoms with E-state index in [9.17, 15) is 9.59 Å². The SMILES string of the molecule is COc1ccc(C2CC(c3cccs3)=NN2C(=O)CSc2nnc(CNC(=O)c3cc(OC)cc(OC)c3)n2-c2ccccc2)cc1. The van der Waals surface area contributed by atoms with Crippen LogP contribution in [-0.4, -0.2) is 64.4 Å². The summed E-state index contributed by atoms with van der Waals surface area (Å²) in [6, 6.07) is 26.0. The van der Waals surface area contributed by atoms with Gasteiger partial charge >= 0.3 is 0 Å². The number of carbonyl (C=O) groups is 2. The van der Waals surface area contributed by atoms with Gasteiger partial charge in [0.25, 0.3) is 11.8 Å². The number of hydrogen-bond acceptors (Lipinski definition) is 10. The number of para-hydroxylation sites is 1. The van der Waals surface area contributed by atoms with Crippen LogP contribution >= 0.6 is 23.1 Å². The Kier molecular flexibility index (Phi) is 9.83. The van der Waals surface area contributed by atoms with Crippen LogP contribution in [0, 0.1) is 0 Å². The van der Waals surface area contributed by atoms with Gasteiger partial charge in [0.2, 0.25) is 0 Å². The van der Waals surface area contributed by atoms with Crippen LogP contribution in [0.4, 0.5) is 0 Å². The number of rotatable bonds is 12. The van der Waals surface area contributed by atoms with Gasteiger partial charge in [0.1, 0.15) is 17.2 Å². The van der Waals surface area contributed by atoms with Crippen molar-refractivity contribution in [3.8, 4) is 22.9 Å². The highest BCUT2D eigenvalue weighted by atomic mass is 32.2. The van der Waals surface area contributed by atoms with Crippen LogP contribution in [0.2, 0.25) is 0 Å². The molecule has 0 aliphatic carbocycles. The van der Waals surface area contributed by atoms with Gasteiger partial charge in [0, 0.05) is 23.7 Å². The molecule has 3 aromatic carbocycles. The lowest BCUT2D eigenvalue weighted by Crippen LogP contribution is -2.28. The van der Waals surface area contributed by atoms with Crippen LogP contribution in [0.25, 0.3) is 5.69 Å². The smallest absolute Gasteiger partial charge is 0.253 e. The molecule has 2 aromatic heterocycles. The molecule has 11 nitrogen and oxygen atoms in total. The molecule has 0 fully saturated rings. The number of thiophene rings is 1. The molecule has 1 atom stereocenters. The number of aromatic nitrogens is 3. The number of carbonyl (C=O) groups excluding carboxylic acids is 2. The summed E-state index contributed by atoms with van der Waals surface area (Å²) >= 11 is 2.87. The highest BCUT2D eigenvalue weighted by molar-refractivity contribution is 7.99. The second kappa shape index (κ2) is 14.5. The molecular formula is C34H32N6O5S2. The Morgan fingerprint density at radius 2 is 1.62 bits per heavy atom. The van der Waals surface area contributed by atoms with Gasteiger partial charge in [0.15, 0.2) is 11.0 Å². The number of ether oxygens (including phenoxy) is 3. The normalized spacial score (nSPS) is 14.1. The lowest BCUT2D eigenvalue weighted by atomic mass is 10.0. The van der Waals surface area contributed by atoms with Gasteiger partial charge in [-0.05, 0) is 53.4 Å². The Morgan fingerprint density at radius 3 is 2.28 bits per heavy atom. The maximum Gasteiger partial charge on any atom is 0.253 e. The van der Waals surface area contributed by atoms with Gasteiger partial charge in [0.05, 0.1) is 50.3 Å². The van der Waals surface area contributed by atoms with Crippen molar-refractivity contribution in [2.75, 3.05) is 27.1 Å². The molecule has 47 heavy (non-hydrogen) atoms. The maximum atomic E-state index is 13.8. The number of hydrogen-bond donors (Lipinski definition) is 1. The average molecular weight is 669 g/mol. The van der Waals surface area contributed by atoms with Gasteiger partial charge in [-0.3, -0.25) is 14.2 Å². The van der Waals surface area contributed by atoms with Crippen molar-refractivity contribution in [2.24, 2.45) is 5.10 Å². The molecule has 0 radical (unpaired) electrons. The number of nitrogens with one attached hydrogen (secondary N) is 1. The predicted octanol–water partition coefficient (Wildman–Crippen LogP) is 5.75. The van der Waals surface area contributed by atoms with E-state index in [1.807, 2.05) is 76.7 Å². The summed E-state index contributed by atoms with van der Waals surface area (Å²) in [6.07, 6.45) is 0.604. The largest absolute Gasteiger partial charge is 0.497 e. The molecule has 1 unspecified atom stereocenters. The molecule has 2 amide bonds. The number of hydrazone groups is 1. The van der Waals surface area contributed by atoms with Crippen LogP contribution in [-0.2, 0) is 11.3 Å². The molecule has 0 spiro atoms. The van der Waals surface area contributed by atoms with Gasteiger partial charge in [-0.1, -0.05) is 48.2 Å². The van der Waals surface area contributed by atoms with Crippen molar-refractivity contribution in [3.63, 3.8) is 0 Å². The second-order valence-corrected chi connectivity index (χ2v) is 12.3. The van der Waals surface area contributed by atoms with E-state index in [0.29, 0.717) is 34.5 Å². The average Bonchev–Trinajstić information content (AvgIpc) is 3.90. The summed E-state index contributed by atoms with van der Waals surface area (Å²) in [5, 5.41) is 20.6. The Morgan fingerprint density at radius 1 is 0.894 bits per heavy atom.